The van der Waals surface area contributed by atoms with Crippen molar-refractivity contribution in [3.05, 3.63) is 0 Å². The standard InChI is InChI=1S/C12H21NO2/c1-12(2)4-6-13(7-5-12)11(14)10-3-8-15-9-10/h10H,3-9H2,1-2H3. The van der Waals surface area contributed by atoms with E-state index < -0.39 is 0 Å². The molecule has 0 radical (unpaired) electrons. The van der Waals surface area contributed by atoms with Crippen LogP contribution in [0, 0.1) is 11.3 Å². The maximum atomic E-state index is 12.1. The summed E-state index contributed by atoms with van der Waals surface area (Å²) in [6.07, 6.45) is 3.18. The van der Waals surface area contributed by atoms with Gasteiger partial charge in [0.2, 0.25) is 5.91 Å². The van der Waals surface area contributed by atoms with Gasteiger partial charge in [-0.15, -0.1) is 0 Å². The van der Waals surface area contributed by atoms with E-state index in [1.165, 1.54) is 0 Å². The summed E-state index contributed by atoms with van der Waals surface area (Å²) in [5.74, 6) is 0.467. The topological polar surface area (TPSA) is 29.5 Å². The molecule has 2 rings (SSSR count). The van der Waals surface area contributed by atoms with E-state index in [0.717, 1.165) is 39.0 Å². The molecular formula is C12H21NO2. The molecule has 1 unspecified atom stereocenters. The van der Waals surface area contributed by atoms with Crippen molar-refractivity contribution < 1.29 is 9.53 Å². The Labute approximate surface area is 91.8 Å². The van der Waals surface area contributed by atoms with Gasteiger partial charge in [-0.25, -0.2) is 0 Å². The Bertz CT molecular complexity index is 234. The van der Waals surface area contributed by atoms with Crippen molar-refractivity contribution in [3.8, 4) is 0 Å². The normalized spacial score (nSPS) is 30.5. The van der Waals surface area contributed by atoms with Gasteiger partial charge in [0.15, 0.2) is 0 Å². The summed E-state index contributed by atoms with van der Waals surface area (Å²) in [7, 11) is 0. The Hall–Kier alpha value is -0.570. The van der Waals surface area contributed by atoms with Gasteiger partial charge < -0.3 is 9.64 Å². The minimum Gasteiger partial charge on any atom is -0.381 e. The van der Waals surface area contributed by atoms with Gasteiger partial charge in [0, 0.05) is 19.7 Å². The number of piperidine rings is 1. The quantitative estimate of drug-likeness (QED) is 0.660. The van der Waals surface area contributed by atoms with Gasteiger partial charge in [0.05, 0.1) is 12.5 Å². The van der Waals surface area contributed by atoms with E-state index in [1.54, 1.807) is 0 Å². The number of hydrogen-bond donors (Lipinski definition) is 0. The number of carbonyl (C=O) groups is 1. The maximum Gasteiger partial charge on any atom is 0.228 e. The van der Waals surface area contributed by atoms with Crippen LogP contribution in [-0.4, -0.2) is 37.1 Å². The summed E-state index contributed by atoms with van der Waals surface area (Å²) >= 11 is 0. The third-order valence-corrected chi connectivity index (χ3v) is 3.71. The molecule has 0 aromatic rings. The third-order valence-electron chi connectivity index (χ3n) is 3.71. The molecule has 0 aliphatic carbocycles. The predicted molar refractivity (Wildman–Crippen MR) is 58.5 cm³/mol. The zero-order chi connectivity index (χ0) is 10.9. The van der Waals surface area contributed by atoms with Crippen LogP contribution < -0.4 is 0 Å². The molecule has 1 amide bonds. The number of nitrogens with zero attached hydrogens (tertiary/aromatic N) is 1. The van der Waals surface area contributed by atoms with Crippen molar-refractivity contribution in [2.75, 3.05) is 26.3 Å². The van der Waals surface area contributed by atoms with Gasteiger partial charge in [0.1, 0.15) is 0 Å². The number of rotatable bonds is 1. The molecule has 86 valence electrons. The third kappa shape index (κ3) is 2.51. The van der Waals surface area contributed by atoms with Crippen LogP contribution >= 0.6 is 0 Å². The lowest BCUT2D eigenvalue weighted by Gasteiger charge is -2.37. The average molecular weight is 211 g/mol. The highest BCUT2D eigenvalue weighted by atomic mass is 16.5. The number of ether oxygens (including phenoxy) is 1. The Morgan fingerprint density at radius 1 is 1.33 bits per heavy atom. The lowest BCUT2D eigenvalue weighted by atomic mass is 9.82. The van der Waals surface area contributed by atoms with Gasteiger partial charge in [-0.3, -0.25) is 4.79 Å². The monoisotopic (exact) mass is 211 g/mol. The van der Waals surface area contributed by atoms with E-state index >= 15 is 0 Å². The first-order valence-corrected chi connectivity index (χ1v) is 5.95. The van der Waals surface area contributed by atoms with E-state index in [2.05, 4.69) is 13.8 Å². The van der Waals surface area contributed by atoms with E-state index in [0.29, 0.717) is 17.9 Å². The Morgan fingerprint density at radius 3 is 2.53 bits per heavy atom. The van der Waals surface area contributed by atoms with Crippen LogP contribution in [0.25, 0.3) is 0 Å². The highest BCUT2D eigenvalue weighted by Crippen LogP contribution is 2.30. The Kier molecular flexibility index (Phi) is 3.01. The highest BCUT2D eigenvalue weighted by Gasteiger charge is 2.32. The summed E-state index contributed by atoms with van der Waals surface area (Å²) in [4.78, 5) is 14.1. The first-order valence-electron chi connectivity index (χ1n) is 5.95. The number of likely N-dealkylation sites (tertiary alicyclic amines) is 1. The molecule has 0 aromatic heterocycles. The largest absolute Gasteiger partial charge is 0.381 e. The van der Waals surface area contributed by atoms with Crippen LogP contribution in [0.15, 0.2) is 0 Å². The summed E-state index contributed by atoms with van der Waals surface area (Å²) < 4.78 is 5.26. The smallest absolute Gasteiger partial charge is 0.228 e. The molecule has 2 aliphatic rings. The van der Waals surface area contributed by atoms with Crippen LogP contribution in [0.3, 0.4) is 0 Å². The van der Waals surface area contributed by atoms with Gasteiger partial charge in [-0.05, 0) is 24.7 Å². The summed E-state index contributed by atoms with van der Waals surface area (Å²) in [5, 5.41) is 0. The highest BCUT2D eigenvalue weighted by molar-refractivity contribution is 5.79. The summed E-state index contributed by atoms with van der Waals surface area (Å²) in [6.45, 7) is 7.83. The molecule has 3 heteroatoms. The first kappa shape index (κ1) is 10.9. The fourth-order valence-corrected chi connectivity index (χ4v) is 2.32. The lowest BCUT2D eigenvalue weighted by molar-refractivity contribution is -0.137. The number of hydrogen-bond acceptors (Lipinski definition) is 2. The van der Waals surface area contributed by atoms with Gasteiger partial charge in [-0.2, -0.15) is 0 Å². The van der Waals surface area contributed by atoms with Crippen molar-refractivity contribution in [1.82, 2.24) is 4.90 Å². The average Bonchev–Trinajstić information content (AvgIpc) is 2.69. The van der Waals surface area contributed by atoms with Crippen molar-refractivity contribution in [3.63, 3.8) is 0 Å². The molecule has 0 bridgehead atoms. The molecule has 2 fully saturated rings. The van der Waals surface area contributed by atoms with Crippen molar-refractivity contribution in [2.24, 2.45) is 11.3 Å². The van der Waals surface area contributed by atoms with Crippen LogP contribution in [0.5, 0.6) is 0 Å². The summed E-state index contributed by atoms with van der Waals surface area (Å²) in [6, 6.07) is 0. The second kappa shape index (κ2) is 4.12. The minimum atomic E-state index is 0.145. The molecule has 3 nitrogen and oxygen atoms in total. The van der Waals surface area contributed by atoms with Gasteiger partial charge in [0.25, 0.3) is 0 Å². The fraction of sp³-hybridized carbons (Fsp3) is 0.917. The minimum absolute atomic E-state index is 0.145. The molecule has 0 saturated carbocycles. The van der Waals surface area contributed by atoms with Crippen molar-refractivity contribution in [2.45, 2.75) is 33.1 Å². The maximum absolute atomic E-state index is 12.1. The molecule has 2 heterocycles. The van der Waals surface area contributed by atoms with E-state index in [-0.39, 0.29) is 5.92 Å². The summed E-state index contributed by atoms with van der Waals surface area (Å²) in [5.41, 5.74) is 0.420. The van der Waals surface area contributed by atoms with Crippen LogP contribution in [0.2, 0.25) is 0 Å². The Morgan fingerprint density at radius 2 is 2.00 bits per heavy atom. The lowest BCUT2D eigenvalue weighted by Crippen LogP contribution is -2.44. The first-order chi connectivity index (χ1) is 7.08. The predicted octanol–water partition coefficient (Wildman–Crippen LogP) is 1.67. The molecule has 15 heavy (non-hydrogen) atoms. The molecule has 0 aromatic carbocycles. The second-order valence-electron chi connectivity index (χ2n) is 5.55. The molecular weight excluding hydrogens is 190 g/mol. The molecule has 1 atom stereocenters. The van der Waals surface area contributed by atoms with Crippen molar-refractivity contribution in [1.29, 1.82) is 0 Å². The SMILES string of the molecule is CC1(C)CCN(C(=O)C2CCOC2)CC1. The van der Waals surface area contributed by atoms with Crippen LogP contribution in [0.1, 0.15) is 33.1 Å². The Balaban J connectivity index is 1.87. The zero-order valence-corrected chi connectivity index (χ0v) is 9.79. The second-order valence-corrected chi connectivity index (χ2v) is 5.55. The van der Waals surface area contributed by atoms with Crippen LogP contribution in [0.4, 0.5) is 0 Å². The zero-order valence-electron chi connectivity index (χ0n) is 9.79. The van der Waals surface area contributed by atoms with Crippen LogP contribution in [-0.2, 0) is 9.53 Å². The van der Waals surface area contributed by atoms with Gasteiger partial charge >= 0.3 is 0 Å². The molecule has 0 N–H and O–H groups in total. The van der Waals surface area contributed by atoms with Gasteiger partial charge in [-0.1, -0.05) is 13.8 Å². The molecule has 0 spiro atoms. The molecule has 2 saturated heterocycles. The number of amides is 1. The van der Waals surface area contributed by atoms with E-state index in [4.69, 9.17) is 4.74 Å². The molecule has 2 aliphatic heterocycles. The van der Waals surface area contributed by atoms with Crippen molar-refractivity contribution >= 4 is 5.91 Å². The van der Waals surface area contributed by atoms with E-state index in [1.807, 2.05) is 4.90 Å². The van der Waals surface area contributed by atoms with E-state index in [9.17, 15) is 4.79 Å². The number of carbonyl (C=O) groups excluding carboxylic acids is 1. The fourth-order valence-electron chi connectivity index (χ4n) is 2.32.